The third kappa shape index (κ3) is 4.82. The van der Waals surface area contributed by atoms with Gasteiger partial charge in [0.1, 0.15) is 5.03 Å². The van der Waals surface area contributed by atoms with E-state index < -0.39 is 0 Å². The zero-order chi connectivity index (χ0) is 10.2. The van der Waals surface area contributed by atoms with Gasteiger partial charge in [-0.15, -0.1) is 23.4 Å². The van der Waals surface area contributed by atoms with E-state index in [0.29, 0.717) is 5.92 Å². The first-order chi connectivity index (χ1) is 6.83. The van der Waals surface area contributed by atoms with Crippen LogP contribution in [0.25, 0.3) is 0 Å². The molecule has 1 heterocycles. The molecule has 1 aromatic rings. The summed E-state index contributed by atoms with van der Waals surface area (Å²) in [4.78, 5) is 8.21. The summed E-state index contributed by atoms with van der Waals surface area (Å²) in [5, 5.41) is 1.01. The van der Waals surface area contributed by atoms with Crippen LogP contribution in [0, 0.1) is 5.92 Å². The van der Waals surface area contributed by atoms with E-state index in [1.807, 2.05) is 0 Å². The van der Waals surface area contributed by atoms with E-state index >= 15 is 0 Å². The van der Waals surface area contributed by atoms with Gasteiger partial charge in [0.25, 0.3) is 0 Å². The van der Waals surface area contributed by atoms with E-state index in [4.69, 9.17) is 11.6 Å². The molecule has 1 unspecified atom stereocenters. The molecular formula is C10H15ClN2S. The van der Waals surface area contributed by atoms with Gasteiger partial charge in [-0.3, -0.25) is 4.98 Å². The molecule has 14 heavy (non-hydrogen) atoms. The molecule has 0 N–H and O–H groups in total. The second-order valence-electron chi connectivity index (χ2n) is 3.26. The van der Waals surface area contributed by atoms with E-state index in [1.165, 1.54) is 6.42 Å². The number of hydrogen-bond acceptors (Lipinski definition) is 3. The minimum Gasteiger partial charge on any atom is -0.260 e. The first-order valence-corrected chi connectivity index (χ1v) is 6.29. The number of nitrogens with zero attached hydrogens (tertiary/aromatic N) is 2. The highest BCUT2D eigenvalue weighted by Crippen LogP contribution is 2.18. The number of aromatic nitrogens is 2. The lowest BCUT2D eigenvalue weighted by atomic mass is 10.1. The third-order valence-electron chi connectivity index (χ3n) is 2.00. The second kappa shape index (κ2) is 7.07. The summed E-state index contributed by atoms with van der Waals surface area (Å²) in [6, 6.07) is 0. The van der Waals surface area contributed by atoms with Crippen molar-refractivity contribution in [2.45, 2.75) is 24.8 Å². The van der Waals surface area contributed by atoms with Crippen LogP contribution in [0.15, 0.2) is 23.6 Å². The minimum atomic E-state index is 0.705. The quantitative estimate of drug-likeness (QED) is 0.554. The Balaban J connectivity index is 2.16. The maximum Gasteiger partial charge on any atom is 0.114 e. The standard InChI is InChI=1S/C10H15ClN2S/c1-9(2-4-11)3-7-14-10-8-12-5-6-13-10/h5-6,8-9H,2-4,7H2,1H3. The molecule has 2 nitrogen and oxygen atoms in total. The normalized spacial score (nSPS) is 12.7. The number of alkyl halides is 1. The highest BCUT2D eigenvalue weighted by Gasteiger charge is 2.01. The average molecular weight is 231 g/mol. The van der Waals surface area contributed by atoms with E-state index in [1.54, 1.807) is 30.4 Å². The summed E-state index contributed by atoms with van der Waals surface area (Å²) >= 11 is 7.42. The van der Waals surface area contributed by atoms with Crippen molar-refractivity contribution in [2.75, 3.05) is 11.6 Å². The summed E-state index contributed by atoms with van der Waals surface area (Å²) < 4.78 is 0. The van der Waals surface area contributed by atoms with Crippen molar-refractivity contribution < 1.29 is 0 Å². The molecule has 0 saturated heterocycles. The predicted molar refractivity (Wildman–Crippen MR) is 61.9 cm³/mol. The predicted octanol–water partition coefficient (Wildman–Crippen LogP) is 3.22. The van der Waals surface area contributed by atoms with Crippen LogP contribution in [0.4, 0.5) is 0 Å². The maximum absolute atomic E-state index is 5.66. The number of halogens is 1. The average Bonchev–Trinajstić information content (AvgIpc) is 2.20. The Morgan fingerprint density at radius 1 is 1.43 bits per heavy atom. The molecule has 0 saturated carbocycles. The Morgan fingerprint density at radius 2 is 2.29 bits per heavy atom. The Hall–Kier alpha value is -0.280. The largest absolute Gasteiger partial charge is 0.260 e. The summed E-state index contributed by atoms with van der Waals surface area (Å²) in [6.45, 7) is 2.24. The molecule has 0 amide bonds. The van der Waals surface area contributed by atoms with Crippen molar-refractivity contribution in [3.63, 3.8) is 0 Å². The minimum absolute atomic E-state index is 0.705. The molecule has 0 fully saturated rings. The lowest BCUT2D eigenvalue weighted by molar-refractivity contribution is 0.552. The van der Waals surface area contributed by atoms with Gasteiger partial charge in [0.15, 0.2) is 0 Å². The van der Waals surface area contributed by atoms with Crippen molar-refractivity contribution in [1.29, 1.82) is 0 Å². The van der Waals surface area contributed by atoms with Crippen LogP contribution in [-0.2, 0) is 0 Å². The van der Waals surface area contributed by atoms with Crippen molar-refractivity contribution in [2.24, 2.45) is 5.92 Å². The van der Waals surface area contributed by atoms with Gasteiger partial charge in [0.05, 0.1) is 6.20 Å². The zero-order valence-electron chi connectivity index (χ0n) is 8.32. The highest BCUT2D eigenvalue weighted by atomic mass is 35.5. The van der Waals surface area contributed by atoms with E-state index in [-0.39, 0.29) is 0 Å². The zero-order valence-corrected chi connectivity index (χ0v) is 9.89. The molecule has 1 rings (SSSR count). The highest BCUT2D eigenvalue weighted by molar-refractivity contribution is 7.99. The molecule has 0 spiro atoms. The van der Waals surface area contributed by atoms with Gasteiger partial charge in [-0.1, -0.05) is 6.92 Å². The van der Waals surface area contributed by atoms with Gasteiger partial charge in [0.2, 0.25) is 0 Å². The Kier molecular flexibility index (Phi) is 5.96. The Morgan fingerprint density at radius 3 is 2.93 bits per heavy atom. The smallest absolute Gasteiger partial charge is 0.114 e. The van der Waals surface area contributed by atoms with E-state index in [0.717, 1.165) is 23.1 Å². The summed E-state index contributed by atoms with van der Waals surface area (Å²) in [5.74, 6) is 2.56. The van der Waals surface area contributed by atoms with Gasteiger partial charge >= 0.3 is 0 Å². The molecule has 0 aliphatic rings. The monoisotopic (exact) mass is 230 g/mol. The molecule has 1 aromatic heterocycles. The molecule has 0 radical (unpaired) electrons. The fraction of sp³-hybridized carbons (Fsp3) is 0.600. The maximum atomic E-state index is 5.66. The van der Waals surface area contributed by atoms with Crippen LogP contribution >= 0.6 is 23.4 Å². The van der Waals surface area contributed by atoms with Crippen molar-refractivity contribution in [3.05, 3.63) is 18.6 Å². The molecule has 78 valence electrons. The Bertz CT molecular complexity index is 243. The lowest BCUT2D eigenvalue weighted by Gasteiger charge is -2.07. The lowest BCUT2D eigenvalue weighted by Crippen LogP contribution is -1.97. The number of thioether (sulfide) groups is 1. The summed E-state index contributed by atoms with van der Waals surface area (Å²) in [6.07, 6.45) is 7.51. The van der Waals surface area contributed by atoms with Gasteiger partial charge in [-0.05, 0) is 24.5 Å². The van der Waals surface area contributed by atoms with Gasteiger partial charge in [0, 0.05) is 18.3 Å². The molecule has 0 aliphatic heterocycles. The number of hydrogen-bond donors (Lipinski definition) is 0. The van der Waals surface area contributed by atoms with Crippen LogP contribution in [0.3, 0.4) is 0 Å². The summed E-state index contributed by atoms with van der Waals surface area (Å²) in [5.41, 5.74) is 0. The third-order valence-corrected chi connectivity index (χ3v) is 3.17. The van der Waals surface area contributed by atoms with E-state index in [9.17, 15) is 0 Å². The van der Waals surface area contributed by atoms with Gasteiger partial charge < -0.3 is 0 Å². The molecule has 1 atom stereocenters. The Labute approximate surface area is 94.5 Å². The van der Waals surface area contributed by atoms with Gasteiger partial charge in [-0.25, -0.2) is 4.98 Å². The fourth-order valence-electron chi connectivity index (χ4n) is 1.06. The first-order valence-electron chi connectivity index (χ1n) is 4.77. The number of rotatable bonds is 6. The molecule has 4 heteroatoms. The topological polar surface area (TPSA) is 25.8 Å². The van der Waals surface area contributed by atoms with Crippen LogP contribution in [0.1, 0.15) is 19.8 Å². The fourth-order valence-corrected chi connectivity index (χ4v) is 2.43. The molecule has 0 bridgehead atoms. The van der Waals surface area contributed by atoms with Crippen LogP contribution < -0.4 is 0 Å². The van der Waals surface area contributed by atoms with Crippen molar-refractivity contribution in [1.82, 2.24) is 9.97 Å². The van der Waals surface area contributed by atoms with Crippen LogP contribution in [-0.4, -0.2) is 21.6 Å². The van der Waals surface area contributed by atoms with E-state index in [2.05, 4.69) is 16.9 Å². The van der Waals surface area contributed by atoms with Crippen molar-refractivity contribution in [3.8, 4) is 0 Å². The molecular weight excluding hydrogens is 216 g/mol. The van der Waals surface area contributed by atoms with Crippen molar-refractivity contribution >= 4 is 23.4 Å². The van der Waals surface area contributed by atoms with Crippen LogP contribution in [0.2, 0.25) is 0 Å². The molecule has 0 aliphatic carbocycles. The molecule has 0 aromatic carbocycles. The first kappa shape index (κ1) is 11.8. The van der Waals surface area contributed by atoms with Crippen LogP contribution in [0.5, 0.6) is 0 Å². The SMILES string of the molecule is CC(CCCl)CCSc1cnccn1. The second-order valence-corrected chi connectivity index (χ2v) is 4.76. The van der Waals surface area contributed by atoms with Gasteiger partial charge in [-0.2, -0.15) is 0 Å². The summed E-state index contributed by atoms with van der Waals surface area (Å²) in [7, 11) is 0.